The Bertz CT molecular complexity index is 550. The lowest BCUT2D eigenvalue weighted by atomic mass is 10.0. The minimum absolute atomic E-state index is 0.0213. The molecule has 1 amide bonds. The van der Waals surface area contributed by atoms with Crippen LogP contribution in [-0.2, 0) is 0 Å². The minimum Gasteiger partial charge on any atom is -0.435 e. The molecule has 1 aromatic rings. The summed E-state index contributed by atoms with van der Waals surface area (Å²) in [5, 5.41) is 0. The van der Waals surface area contributed by atoms with Gasteiger partial charge in [-0.2, -0.15) is 8.78 Å². The van der Waals surface area contributed by atoms with Gasteiger partial charge in [0.15, 0.2) is 0 Å². The second-order valence-electron chi connectivity index (χ2n) is 6.21. The molecule has 0 saturated carbocycles. The Balaban J connectivity index is 1.72. The zero-order chi connectivity index (χ0) is 16.4. The first kappa shape index (κ1) is 16.2. The van der Waals surface area contributed by atoms with Gasteiger partial charge in [0, 0.05) is 30.7 Å². The summed E-state index contributed by atoms with van der Waals surface area (Å²) < 4.78 is 28.7. The maximum absolute atomic E-state index is 12.8. The van der Waals surface area contributed by atoms with Crippen molar-refractivity contribution in [1.82, 2.24) is 9.80 Å². The van der Waals surface area contributed by atoms with E-state index in [1.165, 1.54) is 18.6 Å². The lowest BCUT2D eigenvalue weighted by Crippen LogP contribution is -2.57. The van der Waals surface area contributed by atoms with E-state index in [1.807, 2.05) is 4.90 Å². The zero-order valence-electron chi connectivity index (χ0n) is 13.3. The van der Waals surface area contributed by atoms with Crippen LogP contribution in [0.2, 0.25) is 0 Å². The number of hydrogen-bond donors (Lipinski definition) is 0. The highest BCUT2D eigenvalue weighted by molar-refractivity contribution is 5.94. The molecule has 0 radical (unpaired) electrons. The Hall–Kier alpha value is -1.69. The van der Waals surface area contributed by atoms with E-state index in [4.69, 9.17) is 0 Å². The molecule has 1 aromatic carbocycles. The summed E-state index contributed by atoms with van der Waals surface area (Å²) in [6.07, 6.45) is 3.26. The predicted octanol–water partition coefficient (Wildman–Crippen LogP) is 2.99. The van der Waals surface area contributed by atoms with Crippen LogP contribution in [0.3, 0.4) is 0 Å². The molecule has 2 heterocycles. The number of fused-ring (bicyclic) bond motifs is 1. The van der Waals surface area contributed by atoms with E-state index in [-0.39, 0.29) is 17.7 Å². The van der Waals surface area contributed by atoms with E-state index in [9.17, 15) is 13.6 Å². The number of halogens is 2. The fourth-order valence-corrected chi connectivity index (χ4v) is 3.63. The monoisotopic (exact) mass is 324 g/mol. The lowest BCUT2D eigenvalue weighted by Gasteiger charge is -2.43. The third-order valence-electron chi connectivity index (χ3n) is 4.85. The van der Waals surface area contributed by atoms with Gasteiger partial charge in [0.05, 0.1) is 0 Å². The van der Waals surface area contributed by atoms with E-state index < -0.39 is 6.61 Å². The van der Waals surface area contributed by atoms with E-state index in [1.54, 1.807) is 12.1 Å². The zero-order valence-corrected chi connectivity index (χ0v) is 13.3. The van der Waals surface area contributed by atoms with Gasteiger partial charge in [0.2, 0.25) is 0 Å². The first-order valence-corrected chi connectivity index (χ1v) is 8.18. The number of carbonyl (C=O) groups is 1. The van der Waals surface area contributed by atoms with Crippen LogP contribution < -0.4 is 4.74 Å². The Morgan fingerprint density at radius 3 is 2.70 bits per heavy atom. The fourth-order valence-electron chi connectivity index (χ4n) is 3.63. The molecule has 2 aliphatic rings. The molecule has 0 aliphatic carbocycles. The average molecular weight is 324 g/mol. The van der Waals surface area contributed by atoms with Crippen LogP contribution in [0.1, 0.15) is 36.5 Å². The number of piperazine rings is 1. The predicted molar refractivity (Wildman–Crippen MR) is 82.8 cm³/mol. The van der Waals surface area contributed by atoms with Crippen molar-refractivity contribution in [1.29, 1.82) is 0 Å². The summed E-state index contributed by atoms with van der Waals surface area (Å²) in [5.74, 6) is 0.0520. The molecule has 0 spiro atoms. The van der Waals surface area contributed by atoms with Crippen molar-refractivity contribution in [3.05, 3.63) is 29.8 Å². The van der Waals surface area contributed by atoms with Gasteiger partial charge in [-0.1, -0.05) is 6.92 Å². The van der Waals surface area contributed by atoms with Gasteiger partial charge in [-0.15, -0.1) is 0 Å². The van der Waals surface area contributed by atoms with Crippen molar-refractivity contribution in [2.45, 2.75) is 44.9 Å². The van der Waals surface area contributed by atoms with Crippen molar-refractivity contribution in [3.63, 3.8) is 0 Å². The SMILES string of the molecule is CCC1CN2CCCC2CN1C(=O)c1ccc(OC(F)F)cc1. The van der Waals surface area contributed by atoms with Crippen molar-refractivity contribution in [2.24, 2.45) is 0 Å². The quantitative estimate of drug-likeness (QED) is 0.853. The molecule has 2 aliphatic heterocycles. The van der Waals surface area contributed by atoms with E-state index >= 15 is 0 Å². The van der Waals surface area contributed by atoms with Crippen LogP contribution in [0.15, 0.2) is 24.3 Å². The number of ether oxygens (including phenoxy) is 1. The molecule has 0 N–H and O–H groups in total. The molecule has 2 fully saturated rings. The van der Waals surface area contributed by atoms with Gasteiger partial charge >= 0.3 is 6.61 Å². The molecule has 4 nitrogen and oxygen atoms in total. The largest absolute Gasteiger partial charge is 0.435 e. The summed E-state index contributed by atoms with van der Waals surface area (Å²) in [6.45, 7) is 2.06. The maximum atomic E-state index is 12.8. The van der Waals surface area contributed by atoms with Crippen LogP contribution in [0.25, 0.3) is 0 Å². The Morgan fingerprint density at radius 1 is 1.30 bits per heavy atom. The number of carbonyl (C=O) groups excluding carboxylic acids is 1. The van der Waals surface area contributed by atoms with Crippen LogP contribution in [0, 0.1) is 0 Å². The van der Waals surface area contributed by atoms with Crippen LogP contribution in [0.4, 0.5) is 8.78 Å². The van der Waals surface area contributed by atoms with Crippen molar-refractivity contribution in [2.75, 3.05) is 19.6 Å². The second kappa shape index (κ2) is 6.83. The highest BCUT2D eigenvalue weighted by Gasteiger charge is 2.37. The Kier molecular flexibility index (Phi) is 4.80. The third kappa shape index (κ3) is 3.47. The third-order valence-corrected chi connectivity index (χ3v) is 4.85. The van der Waals surface area contributed by atoms with E-state index in [0.717, 1.165) is 32.5 Å². The smallest absolute Gasteiger partial charge is 0.387 e. The van der Waals surface area contributed by atoms with E-state index in [2.05, 4.69) is 16.6 Å². The van der Waals surface area contributed by atoms with E-state index in [0.29, 0.717) is 11.6 Å². The molecule has 0 aromatic heterocycles. The van der Waals surface area contributed by atoms with Crippen molar-refractivity contribution >= 4 is 5.91 Å². The highest BCUT2D eigenvalue weighted by Crippen LogP contribution is 2.27. The summed E-state index contributed by atoms with van der Waals surface area (Å²) in [4.78, 5) is 17.2. The number of amides is 1. The average Bonchev–Trinajstić information content (AvgIpc) is 3.00. The number of benzene rings is 1. The first-order valence-electron chi connectivity index (χ1n) is 8.18. The van der Waals surface area contributed by atoms with Crippen molar-refractivity contribution < 1.29 is 18.3 Å². The van der Waals surface area contributed by atoms with Gasteiger partial charge < -0.3 is 9.64 Å². The lowest BCUT2D eigenvalue weighted by molar-refractivity contribution is -0.0498. The maximum Gasteiger partial charge on any atom is 0.387 e. The molecule has 126 valence electrons. The van der Waals surface area contributed by atoms with Gasteiger partial charge in [0.25, 0.3) is 5.91 Å². The summed E-state index contributed by atoms with van der Waals surface area (Å²) in [5.41, 5.74) is 0.525. The Morgan fingerprint density at radius 2 is 2.04 bits per heavy atom. The number of rotatable bonds is 4. The minimum atomic E-state index is -2.85. The normalized spacial score (nSPS) is 24.8. The topological polar surface area (TPSA) is 32.8 Å². The number of hydrogen-bond acceptors (Lipinski definition) is 3. The number of nitrogens with zero attached hydrogens (tertiary/aromatic N) is 2. The summed E-state index contributed by atoms with van der Waals surface area (Å²) in [7, 11) is 0. The van der Waals surface area contributed by atoms with Crippen molar-refractivity contribution in [3.8, 4) is 5.75 Å². The van der Waals surface area contributed by atoms with Crippen LogP contribution in [-0.4, -0.2) is 54.0 Å². The standard InChI is InChI=1S/C17H22F2N2O2/c1-2-13-10-20-9-3-4-14(20)11-21(13)16(22)12-5-7-15(8-6-12)23-17(18)19/h5-8,13-14,17H,2-4,9-11H2,1H3. The molecular formula is C17H22F2N2O2. The molecule has 23 heavy (non-hydrogen) atoms. The van der Waals surface area contributed by atoms with Gasteiger partial charge in [-0.25, -0.2) is 0 Å². The summed E-state index contributed by atoms with van der Waals surface area (Å²) in [6, 6.07) is 6.65. The molecule has 2 saturated heterocycles. The molecule has 6 heteroatoms. The van der Waals surface area contributed by atoms with Gasteiger partial charge in [-0.3, -0.25) is 9.69 Å². The molecule has 2 unspecified atom stereocenters. The highest BCUT2D eigenvalue weighted by atomic mass is 19.3. The van der Waals surface area contributed by atoms with Crippen LogP contribution in [0.5, 0.6) is 5.75 Å². The Labute approximate surface area is 135 Å². The first-order chi connectivity index (χ1) is 11.1. The molecule has 2 atom stereocenters. The molecule has 3 rings (SSSR count). The second-order valence-corrected chi connectivity index (χ2v) is 6.21. The molecular weight excluding hydrogens is 302 g/mol. The van der Waals surface area contributed by atoms with Gasteiger partial charge in [0.1, 0.15) is 5.75 Å². The van der Waals surface area contributed by atoms with Crippen LogP contribution >= 0.6 is 0 Å². The van der Waals surface area contributed by atoms with Gasteiger partial charge in [-0.05, 0) is 50.1 Å². The molecule has 0 bridgehead atoms. The fraction of sp³-hybridized carbons (Fsp3) is 0.588. The summed E-state index contributed by atoms with van der Waals surface area (Å²) >= 11 is 0. The number of alkyl halides is 2.